The van der Waals surface area contributed by atoms with Crippen molar-refractivity contribution in [1.29, 1.82) is 0 Å². The zero-order valence-electron chi connectivity index (χ0n) is 24.6. The molecule has 6 rings (SSSR count). The standard InChI is InChI=1S/C31H36FN7O4/c1-31(2)8-6-28(43-31)36(3)30(41)22-4-5-24(32)25(16-22)35-29(40)26-19-33-27-17-21(7-9-39(26)27)23-18-34-38(20-23)11-10-37-12-14-42-15-13-37/h4-5,7,9,16-20,28H,6,8,10-15H2,1-3H3,(H,35,40). The van der Waals surface area contributed by atoms with Crippen LogP contribution in [0.4, 0.5) is 10.1 Å². The molecule has 11 nitrogen and oxygen atoms in total. The van der Waals surface area contributed by atoms with E-state index in [-0.39, 0.29) is 34.7 Å². The van der Waals surface area contributed by atoms with E-state index in [0.717, 1.165) is 56.9 Å². The molecule has 2 aliphatic heterocycles. The first-order valence-electron chi connectivity index (χ1n) is 14.5. The van der Waals surface area contributed by atoms with Gasteiger partial charge in [-0.15, -0.1) is 0 Å². The molecule has 0 aliphatic carbocycles. The zero-order valence-corrected chi connectivity index (χ0v) is 24.6. The number of nitrogens with one attached hydrogen (secondary N) is 1. The summed E-state index contributed by atoms with van der Waals surface area (Å²) in [6.07, 6.45) is 8.20. The van der Waals surface area contributed by atoms with Gasteiger partial charge in [0.25, 0.3) is 11.8 Å². The number of ether oxygens (including phenoxy) is 2. The van der Waals surface area contributed by atoms with Gasteiger partial charge in [0, 0.05) is 50.2 Å². The summed E-state index contributed by atoms with van der Waals surface area (Å²) in [5.74, 6) is -1.51. The van der Waals surface area contributed by atoms with Crippen molar-refractivity contribution >= 4 is 23.1 Å². The van der Waals surface area contributed by atoms with Gasteiger partial charge in [-0.2, -0.15) is 5.10 Å². The van der Waals surface area contributed by atoms with Crippen molar-refractivity contribution in [3.05, 3.63) is 72.2 Å². The third kappa shape index (κ3) is 6.31. The quantitative estimate of drug-likeness (QED) is 0.332. The number of fused-ring (bicyclic) bond motifs is 1. The monoisotopic (exact) mass is 589 g/mol. The molecule has 3 aromatic heterocycles. The summed E-state index contributed by atoms with van der Waals surface area (Å²) in [5.41, 5.74) is 2.51. The molecular weight excluding hydrogens is 553 g/mol. The van der Waals surface area contributed by atoms with E-state index in [1.807, 2.05) is 43.1 Å². The average Bonchev–Trinajstić information content (AvgIpc) is 3.75. The summed E-state index contributed by atoms with van der Waals surface area (Å²) < 4.78 is 29.7. The second-order valence-corrected chi connectivity index (χ2v) is 11.7. The number of pyridine rings is 1. The lowest BCUT2D eigenvalue weighted by Gasteiger charge is -2.27. The fraction of sp³-hybridized carbons (Fsp3) is 0.419. The lowest BCUT2D eigenvalue weighted by Crippen LogP contribution is -2.38. The third-order valence-electron chi connectivity index (χ3n) is 8.12. The Morgan fingerprint density at radius 1 is 1.12 bits per heavy atom. The Morgan fingerprint density at radius 2 is 1.93 bits per heavy atom. The van der Waals surface area contributed by atoms with E-state index >= 15 is 0 Å². The molecule has 226 valence electrons. The molecule has 1 unspecified atom stereocenters. The van der Waals surface area contributed by atoms with Gasteiger partial charge in [0.05, 0.1) is 43.4 Å². The summed E-state index contributed by atoms with van der Waals surface area (Å²) in [6, 6.07) is 7.70. The number of amides is 2. The van der Waals surface area contributed by atoms with E-state index < -0.39 is 11.7 Å². The minimum absolute atomic E-state index is 0.0898. The summed E-state index contributed by atoms with van der Waals surface area (Å²) in [5, 5.41) is 7.11. The third-order valence-corrected chi connectivity index (χ3v) is 8.12. The number of hydrogen-bond acceptors (Lipinski definition) is 7. The zero-order chi connectivity index (χ0) is 30.1. The van der Waals surface area contributed by atoms with Gasteiger partial charge in [0.2, 0.25) is 0 Å². The Hall–Kier alpha value is -4.13. The Kier molecular flexibility index (Phi) is 7.99. The van der Waals surface area contributed by atoms with E-state index in [2.05, 4.69) is 20.3 Å². The van der Waals surface area contributed by atoms with Gasteiger partial charge < -0.3 is 19.7 Å². The smallest absolute Gasteiger partial charge is 0.274 e. The molecule has 2 aliphatic rings. The van der Waals surface area contributed by atoms with Crippen molar-refractivity contribution in [2.45, 2.75) is 45.1 Å². The Balaban J connectivity index is 1.13. The van der Waals surface area contributed by atoms with Gasteiger partial charge in [-0.05, 0) is 62.6 Å². The van der Waals surface area contributed by atoms with Gasteiger partial charge in [-0.1, -0.05) is 0 Å². The van der Waals surface area contributed by atoms with Crippen LogP contribution in [-0.4, -0.2) is 92.5 Å². The van der Waals surface area contributed by atoms with Gasteiger partial charge in [0.15, 0.2) is 0 Å². The van der Waals surface area contributed by atoms with Crippen molar-refractivity contribution in [2.24, 2.45) is 0 Å². The normalized spacial score (nSPS) is 18.7. The maximum atomic E-state index is 14.8. The number of hydrogen-bond donors (Lipinski definition) is 1. The molecule has 0 radical (unpaired) electrons. The number of halogens is 1. The molecule has 1 atom stereocenters. The summed E-state index contributed by atoms with van der Waals surface area (Å²) in [7, 11) is 1.67. The summed E-state index contributed by atoms with van der Waals surface area (Å²) in [6.45, 7) is 9.06. The van der Waals surface area contributed by atoms with Crippen molar-refractivity contribution in [3.63, 3.8) is 0 Å². The van der Waals surface area contributed by atoms with E-state index in [0.29, 0.717) is 12.1 Å². The summed E-state index contributed by atoms with van der Waals surface area (Å²) >= 11 is 0. The van der Waals surface area contributed by atoms with Crippen LogP contribution in [-0.2, 0) is 16.0 Å². The lowest BCUT2D eigenvalue weighted by atomic mass is 10.1. The van der Waals surface area contributed by atoms with Crippen molar-refractivity contribution in [3.8, 4) is 11.1 Å². The number of rotatable bonds is 8. The minimum atomic E-state index is -0.646. The van der Waals surface area contributed by atoms with Crippen LogP contribution >= 0.6 is 0 Å². The van der Waals surface area contributed by atoms with E-state index in [4.69, 9.17) is 9.47 Å². The van der Waals surface area contributed by atoms with Crippen molar-refractivity contribution in [2.75, 3.05) is 45.2 Å². The van der Waals surface area contributed by atoms with Crippen LogP contribution in [0.3, 0.4) is 0 Å². The predicted octanol–water partition coefficient (Wildman–Crippen LogP) is 3.91. The van der Waals surface area contributed by atoms with E-state index in [9.17, 15) is 14.0 Å². The molecule has 1 N–H and O–H groups in total. The molecule has 0 spiro atoms. The van der Waals surface area contributed by atoms with Crippen LogP contribution in [0.2, 0.25) is 0 Å². The molecule has 0 bridgehead atoms. The maximum Gasteiger partial charge on any atom is 0.274 e. The topological polar surface area (TPSA) is 106 Å². The number of nitrogens with zero attached hydrogens (tertiary/aromatic N) is 6. The maximum absolute atomic E-state index is 14.8. The van der Waals surface area contributed by atoms with E-state index in [1.165, 1.54) is 29.3 Å². The molecule has 0 saturated carbocycles. The molecule has 43 heavy (non-hydrogen) atoms. The highest BCUT2D eigenvalue weighted by Gasteiger charge is 2.36. The number of carbonyl (C=O) groups excluding carboxylic acids is 2. The first-order chi connectivity index (χ1) is 20.7. The van der Waals surface area contributed by atoms with E-state index in [1.54, 1.807) is 17.6 Å². The van der Waals surface area contributed by atoms with Crippen molar-refractivity contribution in [1.82, 2.24) is 29.0 Å². The Labute approximate surface area is 249 Å². The molecule has 2 fully saturated rings. The fourth-order valence-electron chi connectivity index (χ4n) is 5.54. The fourth-order valence-corrected chi connectivity index (χ4v) is 5.54. The number of anilines is 1. The molecular formula is C31H36FN7O4. The molecule has 5 heterocycles. The van der Waals surface area contributed by atoms with Gasteiger partial charge in [-0.25, -0.2) is 9.37 Å². The van der Waals surface area contributed by atoms with Gasteiger partial charge >= 0.3 is 0 Å². The number of morpholine rings is 1. The molecule has 12 heteroatoms. The second kappa shape index (κ2) is 11.9. The van der Waals surface area contributed by atoms with Crippen LogP contribution in [0.1, 0.15) is 47.5 Å². The van der Waals surface area contributed by atoms with Crippen molar-refractivity contribution < 1.29 is 23.5 Å². The number of imidazole rings is 1. The Morgan fingerprint density at radius 3 is 2.70 bits per heavy atom. The SMILES string of the molecule is CN(C(=O)c1ccc(F)c(NC(=O)c2cnc3cc(-c4cnn(CCN5CCOCC5)c4)ccn23)c1)C1CCC(C)(C)O1. The number of carbonyl (C=O) groups is 2. The highest BCUT2D eigenvalue weighted by molar-refractivity contribution is 6.04. The molecule has 1 aromatic carbocycles. The number of benzene rings is 1. The second-order valence-electron chi connectivity index (χ2n) is 11.7. The first-order valence-corrected chi connectivity index (χ1v) is 14.5. The minimum Gasteiger partial charge on any atom is -0.379 e. The molecule has 2 saturated heterocycles. The first kappa shape index (κ1) is 29.0. The number of aromatic nitrogens is 4. The molecule has 4 aromatic rings. The summed E-state index contributed by atoms with van der Waals surface area (Å²) in [4.78, 5) is 34.6. The van der Waals surface area contributed by atoms with Crippen LogP contribution in [0, 0.1) is 5.82 Å². The van der Waals surface area contributed by atoms with Gasteiger partial charge in [-0.3, -0.25) is 23.6 Å². The highest BCUT2D eigenvalue weighted by atomic mass is 19.1. The van der Waals surface area contributed by atoms with Crippen LogP contribution in [0.5, 0.6) is 0 Å². The molecule has 2 amide bonds. The van der Waals surface area contributed by atoms with Crippen LogP contribution < -0.4 is 5.32 Å². The van der Waals surface area contributed by atoms with Crippen LogP contribution in [0.25, 0.3) is 16.8 Å². The van der Waals surface area contributed by atoms with Gasteiger partial charge in [0.1, 0.15) is 23.4 Å². The lowest BCUT2D eigenvalue weighted by molar-refractivity contribution is -0.0707. The highest BCUT2D eigenvalue weighted by Crippen LogP contribution is 2.31. The average molecular weight is 590 g/mol. The predicted molar refractivity (Wildman–Crippen MR) is 158 cm³/mol. The van der Waals surface area contributed by atoms with Crippen LogP contribution in [0.15, 0.2) is 55.1 Å². The largest absolute Gasteiger partial charge is 0.379 e. The Bertz CT molecular complexity index is 1640.